The molecule has 8 nitrogen and oxygen atoms in total. The summed E-state index contributed by atoms with van der Waals surface area (Å²) < 4.78 is 35.2. The summed E-state index contributed by atoms with van der Waals surface area (Å²) in [5, 5.41) is 10.9. The van der Waals surface area contributed by atoms with Crippen molar-refractivity contribution in [1.29, 1.82) is 0 Å². The van der Waals surface area contributed by atoms with E-state index < -0.39 is 28.4 Å². The molecule has 0 aromatic carbocycles. The summed E-state index contributed by atoms with van der Waals surface area (Å²) in [6.07, 6.45) is 4.14. The van der Waals surface area contributed by atoms with Crippen molar-refractivity contribution in [2.75, 3.05) is 0 Å². The van der Waals surface area contributed by atoms with Crippen LogP contribution in [0.3, 0.4) is 0 Å². The SMILES string of the molecule is CCC(C)(O)c1c(Cl)ccn(-c2cc(-n3c(C)cc(OCc4ncc(F)cc4F)cc3=O)c(C)cn2)c1=O. The first kappa shape index (κ1) is 27.2. The van der Waals surface area contributed by atoms with Crippen LogP contribution in [0.1, 0.15) is 42.8 Å². The second-order valence-corrected chi connectivity index (χ2v) is 9.45. The molecule has 0 saturated heterocycles. The Kier molecular flexibility index (Phi) is 7.48. The minimum atomic E-state index is -1.44. The molecule has 4 rings (SSSR count). The summed E-state index contributed by atoms with van der Waals surface area (Å²) in [5.41, 5.74) is -0.827. The molecule has 4 heterocycles. The van der Waals surface area contributed by atoms with E-state index in [1.807, 2.05) is 0 Å². The zero-order valence-electron chi connectivity index (χ0n) is 21.1. The number of halogens is 3. The molecule has 0 aliphatic carbocycles. The lowest BCUT2D eigenvalue weighted by Crippen LogP contribution is -2.33. The molecule has 0 saturated carbocycles. The number of aliphatic hydroxyl groups is 1. The first-order chi connectivity index (χ1) is 17.9. The second kappa shape index (κ2) is 10.5. The maximum absolute atomic E-state index is 13.9. The van der Waals surface area contributed by atoms with Gasteiger partial charge < -0.3 is 9.84 Å². The van der Waals surface area contributed by atoms with Crippen LogP contribution in [0.15, 0.2) is 58.5 Å². The molecule has 0 aliphatic rings. The molecule has 38 heavy (non-hydrogen) atoms. The summed E-state index contributed by atoms with van der Waals surface area (Å²) in [6, 6.07) is 6.62. The van der Waals surface area contributed by atoms with E-state index in [0.717, 1.165) is 6.20 Å². The van der Waals surface area contributed by atoms with Gasteiger partial charge in [0.15, 0.2) is 5.82 Å². The largest absolute Gasteiger partial charge is 0.487 e. The van der Waals surface area contributed by atoms with Crippen LogP contribution in [-0.4, -0.2) is 24.2 Å². The van der Waals surface area contributed by atoms with Gasteiger partial charge in [-0.25, -0.2) is 13.8 Å². The molecule has 0 fully saturated rings. The molecule has 198 valence electrons. The number of aryl methyl sites for hydroxylation is 2. The van der Waals surface area contributed by atoms with E-state index in [4.69, 9.17) is 16.3 Å². The maximum atomic E-state index is 13.9. The van der Waals surface area contributed by atoms with E-state index in [2.05, 4.69) is 9.97 Å². The average Bonchev–Trinajstić information content (AvgIpc) is 2.84. The van der Waals surface area contributed by atoms with Crippen molar-refractivity contribution in [2.45, 2.75) is 46.3 Å². The molecule has 4 aromatic heterocycles. The molecule has 11 heteroatoms. The molecule has 1 N–H and O–H groups in total. The van der Waals surface area contributed by atoms with Crippen LogP contribution >= 0.6 is 11.6 Å². The van der Waals surface area contributed by atoms with Gasteiger partial charge in [-0.05, 0) is 38.8 Å². The highest BCUT2D eigenvalue weighted by Crippen LogP contribution is 2.28. The zero-order valence-corrected chi connectivity index (χ0v) is 21.9. The summed E-state index contributed by atoms with van der Waals surface area (Å²) in [6.45, 7) is 6.42. The van der Waals surface area contributed by atoms with Crippen LogP contribution in [0.5, 0.6) is 5.75 Å². The van der Waals surface area contributed by atoms with Crippen molar-refractivity contribution >= 4 is 11.6 Å². The lowest BCUT2D eigenvalue weighted by atomic mass is 9.94. The number of hydrogen-bond donors (Lipinski definition) is 1. The summed E-state index contributed by atoms with van der Waals surface area (Å²) in [5.74, 6) is -1.24. The molecule has 0 amide bonds. The van der Waals surface area contributed by atoms with Gasteiger partial charge in [0.1, 0.15) is 29.7 Å². The monoisotopic (exact) mass is 542 g/mol. The topological polar surface area (TPSA) is 99.2 Å². The van der Waals surface area contributed by atoms with E-state index in [-0.39, 0.29) is 40.9 Å². The Morgan fingerprint density at radius 2 is 1.84 bits per heavy atom. The van der Waals surface area contributed by atoms with Gasteiger partial charge in [-0.2, -0.15) is 0 Å². The first-order valence-electron chi connectivity index (χ1n) is 11.7. The minimum Gasteiger partial charge on any atom is -0.487 e. The maximum Gasteiger partial charge on any atom is 0.263 e. The highest BCUT2D eigenvalue weighted by Gasteiger charge is 2.28. The van der Waals surface area contributed by atoms with Crippen LogP contribution in [0.2, 0.25) is 5.02 Å². The van der Waals surface area contributed by atoms with E-state index in [9.17, 15) is 23.5 Å². The summed E-state index contributed by atoms with van der Waals surface area (Å²) >= 11 is 6.25. The predicted octanol–water partition coefficient (Wildman–Crippen LogP) is 4.52. The molecular formula is C27H25ClF2N4O4. The predicted molar refractivity (Wildman–Crippen MR) is 138 cm³/mol. The van der Waals surface area contributed by atoms with Gasteiger partial charge in [0, 0.05) is 42.4 Å². The zero-order chi connectivity index (χ0) is 27.8. The Balaban J connectivity index is 1.73. The second-order valence-electron chi connectivity index (χ2n) is 9.05. The molecule has 1 unspecified atom stereocenters. The number of pyridine rings is 4. The van der Waals surface area contributed by atoms with Gasteiger partial charge in [-0.1, -0.05) is 18.5 Å². The third kappa shape index (κ3) is 5.23. The van der Waals surface area contributed by atoms with Gasteiger partial charge >= 0.3 is 0 Å². The molecule has 0 spiro atoms. The average molecular weight is 543 g/mol. The van der Waals surface area contributed by atoms with E-state index >= 15 is 0 Å². The first-order valence-corrected chi connectivity index (χ1v) is 12.1. The van der Waals surface area contributed by atoms with Crippen molar-refractivity contribution in [3.05, 3.63) is 109 Å². The summed E-state index contributed by atoms with van der Waals surface area (Å²) in [4.78, 5) is 34.4. The smallest absolute Gasteiger partial charge is 0.263 e. The van der Waals surface area contributed by atoms with Crippen molar-refractivity contribution < 1.29 is 18.6 Å². The number of aromatic nitrogens is 4. The van der Waals surface area contributed by atoms with Gasteiger partial charge in [0.05, 0.1) is 28.1 Å². The Hall–Kier alpha value is -3.89. The Morgan fingerprint density at radius 3 is 2.50 bits per heavy atom. The van der Waals surface area contributed by atoms with Crippen LogP contribution < -0.4 is 15.9 Å². The number of hydrogen-bond acceptors (Lipinski definition) is 6. The third-order valence-electron chi connectivity index (χ3n) is 6.27. The minimum absolute atomic E-state index is 0.0509. The standard InChI is InChI=1S/C27H25ClF2N4O4/c1-5-27(4,37)25-19(28)6-7-33(26(25)36)23-11-22(15(2)12-32-23)34-16(3)8-18(10-24(34)35)38-14-21-20(30)9-17(29)13-31-21/h6-13,37H,5,14H2,1-4H3. The number of nitrogens with zero attached hydrogens (tertiary/aromatic N) is 4. The molecular weight excluding hydrogens is 518 g/mol. The fraction of sp³-hybridized carbons (Fsp3) is 0.259. The normalized spacial score (nSPS) is 12.8. The molecule has 0 aliphatic heterocycles. The van der Waals surface area contributed by atoms with Crippen molar-refractivity contribution in [1.82, 2.24) is 19.1 Å². The number of rotatable bonds is 7. The van der Waals surface area contributed by atoms with Crippen LogP contribution in [0.25, 0.3) is 11.5 Å². The highest BCUT2D eigenvalue weighted by atomic mass is 35.5. The molecule has 4 aromatic rings. The molecule has 0 bridgehead atoms. The Labute approximate surface area is 221 Å². The van der Waals surface area contributed by atoms with Crippen LogP contribution in [-0.2, 0) is 12.2 Å². The van der Waals surface area contributed by atoms with E-state index in [1.54, 1.807) is 32.9 Å². The fourth-order valence-corrected chi connectivity index (χ4v) is 4.34. The van der Waals surface area contributed by atoms with Crippen molar-refractivity contribution in [3.63, 3.8) is 0 Å². The third-order valence-corrected chi connectivity index (χ3v) is 6.58. The quantitative estimate of drug-likeness (QED) is 0.368. The number of ether oxygens (including phenoxy) is 1. The van der Waals surface area contributed by atoms with Gasteiger partial charge in [-0.15, -0.1) is 0 Å². The van der Waals surface area contributed by atoms with Crippen molar-refractivity contribution in [2.24, 2.45) is 0 Å². The Morgan fingerprint density at radius 1 is 1.11 bits per heavy atom. The lowest BCUT2D eigenvalue weighted by Gasteiger charge is -2.23. The van der Waals surface area contributed by atoms with E-state index in [1.165, 1.54) is 40.6 Å². The summed E-state index contributed by atoms with van der Waals surface area (Å²) in [7, 11) is 0. The van der Waals surface area contributed by atoms with E-state index in [0.29, 0.717) is 23.0 Å². The van der Waals surface area contributed by atoms with Crippen molar-refractivity contribution in [3.8, 4) is 17.3 Å². The van der Waals surface area contributed by atoms with Crippen LogP contribution in [0, 0.1) is 25.5 Å². The fourth-order valence-electron chi connectivity index (χ4n) is 4.00. The molecule has 1 atom stereocenters. The lowest BCUT2D eigenvalue weighted by molar-refractivity contribution is 0.0514. The van der Waals surface area contributed by atoms with Gasteiger partial charge in [0.25, 0.3) is 11.1 Å². The van der Waals surface area contributed by atoms with Gasteiger partial charge in [-0.3, -0.25) is 23.7 Å². The Bertz CT molecular complexity index is 1650. The highest BCUT2D eigenvalue weighted by molar-refractivity contribution is 6.31. The van der Waals surface area contributed by atoms with Gasteiger partial charge in [0.2, 0.25) is 0 Å². The van der Waals surface area contributed by atoms with Crippen LogP contribution in [0.4, 0.5) is 8.78 Å². The molecule has 0 radical (unpaired) electrons.